The molecule has 0 N–H and O–H groups in total. The van der Waals surface area contributed by atoms with Crippen LogP contribution >= 0.6 is 11.3 Å². The minimum absolute atomic E-state index is 0.0925. The molecule has 8 heteroatoms. The highest BCUT2D eigenvalue weighted by atomic mass is 32.1. The summed E-state index contributed by atoms with van der Waals surface area (Å²) in [6.45, 7) is 3.70. The quantitative estimate of drug-likeness (QED) is 0.770. The van der Waals surface area contributed by atoms with Crippen molar-refractivity contribution in [1.29, 1.82) is 0 Å². The molecule has 0 spiro atoms. The first-order valence-electron chi connectivity index (χ1n) is 9.55. The third kappa shape index (κ3) is 3.96. The van der Waals surface area contributed by atoms with Crippen molar-refractivity contribution in [2.45, 2.75) is 19.3 Å². The smallest absolute Gasteiger partial charge is 0.228 e. The molecular weight excluding hydrogens is 376 g/mol. The summed E-state index contributed by atoms with van der Waals surface area (Å²) in [5, 5.41) is 2.61. The third-order valence-corrected chi connectivity index (χ3v) is 6.14. The molecule has 0 radical (unpaired) electrons. The zero-order chi connectivity index (χ0) is 19.5. The second-order valence-corrected chi connectivity index (χ2v) is 7.85. The summed E-state index contributed by atoms with van der Waals surface area (Å²) >= 11 is 1.44. The van der Waals surface area contributed by atoms with Gasteiger partial charge < -0.3 is 14.5 Å². The number of benzene rings is 1. The van der Waals surface area contributed by atoms with Crippen molar-refractivity contribution in [3.63, 3.8) is 0 Å². The lowest BCUT2D eigenvalue weighted by Crippen LogP contribution is -2.49. The highest BCUT2D eigenvalue weighted by Gasteiger charge is 2.26. The molecule has 0 atom stereocenters. The van der Waals surface area contributed by atoms with Gasteiger partial charge in [-0.1, -0.05) is 6.07 Å². The fourth-order valence-electron chi connectivity index (χ4n) is 3.64. The molecule has 2 amide bonds. The van der Waals surface area contributed by atoms with E-state index in [1.165, 1.54) is 11.3 Å². The van der Waals surface area contributed by atoms with E-state index >= 15 is 0 Å². The van der Waals surface area contributed by atoms with Crippen LogP contribution in [0.5, 0.6) is 5.75 Å². The van der Waals surface area contributed by atoms with Crippen LogP contribution in [0.4, 0.5) is 10.8 Å². The third-order valence-electron chi connectivity index (χ3n) is 5.23. The zero-order valence-electron chi connectivity index (χ0n) is 16.0. The number of piperazine rings is 1. The van der Waals surface area contributed by atoms with Gasteiger partial charge in [-0.15, -0.1) is 11.3 Å². The first-order valence-corrected chi connectivity index (χ1v) is 10.4. The van der Waals surface area contributed by atoms with E-state index < -0.39 is 0 Å². The van der Waals surface area contributed by atoms with E-state index in [9.17, 15) is 9.59 Å². The minimum Gasteiger partial charge on any atom is -0.497 e. The summed E-state index contributed by atoms with van der Waals surface area (Å²) in [5.41, 5.74) is 1.87. The number of nitrogens with zero attached hydrogens (tertiary/aromatic N) is 4. The molecule has 4 rings (SSSR count). The van der Waals surface area contributed by atoms with Gasteiger partial charge in [0.2, 0.25) is 11.8 Å². The molecule has 0 unspecified atom stereocenters. The lowest BCUT2D eigenvalue weighted by atomic mass is 10.2. The molecule has 2 aliphatic heterocycles. The van der Waals surface area contributed by atoms with Gasteiger partial charge >= 0.3 is 0 Å². The van der Waals surface area contributed by atoms with Gasteiger partial charge in [0, 0.05) is 56.3 Å². The van der Waals surface area contributed by atoms with Crippen LogP contribution in [0, 0.1) is 0 Å². The van der Waals surface area contributed by atoms with Crippen LogP contribution < -0.4 is 14.5 Å². The van der Waals surface area contributed by atoms with Crippen molar-refractivity contribution in [1.82, 2.24) is 9.88 Å². The number of anilines is 2. The minimum atomic E-state index is 0.0925. The summed E-state index contributed by atoms with van der Waals surface area (Å²) in [6.07, 6.45) is 1.76. The summed E-state index contributed by atoms with van der Waals surface area (Å²) in [4.78, 5) is 34.9. The van der Waals surface area contributed by atoms with Crippen molar-refractivity contribution in [2.24, 2.45) is 0 Å². The van der Waals surface area contributed by atoms with Crippen LogP contribution in [0.25, 0.3) is 0 Å². The lowest BCUT2D eigenvalue weighted by molar-refractivity contribution is -0.130. The Morgan fingerprint density at radius 2 is 2.04 bits per heavy atom. The van der Waals surface area contributed by atoms with Gasteiger partial charge in [0.15, 0.2) is 5.13 Å². The predicted molar refractivity (Wildman–Crippen MR) is 109 cm³/mol. The van der Waals surface area contributed by atoms with E-state index in [-0.39, 0.29) is 18.2 Å². The molecular formula is C20H24N4O3S. The molecule has 7 nitrogen and oxygen atoms in total. The van der Waals surface area contributed by atoms with Crippen LogP contribution in [-0.4, -0.2) is 61.5 Å². The molecule has 148 valence electrons. The van der Waals surface area contributed by atoms with Crippen LogP contribution in [-0.2, 0) is 16.0 Å². The number of methoxy groups -OCH3 is 1. The number of ether oxygens (including phenoxy) is 1. The van der Waals surface area contributed by atoms with Crippen molar-refractivity contribution in [3.8, 4) is 5.75 Å². The molecule has 2 aromatic rings. The topological polar surface area (TPSA) is 66.0 Å². The zero-order valence-corrected chi connectivity index (χ0v) is 16.8. The summed E-state index contributed by atoms with van der Waals surface area (Å²) in [7, 11) is 1.67. The van der Waals surface area contributed by atoms with Gasteiger partial charge in [0.25, 0.3) is 0 Å². The Balaban J connectivity index is 1.32. The number of thiazole rings is 1. The first kappa shape index (κ1) is 18.7. The number of carbonyl (C=O) groups excluding carboxylic acids is 2. The average Bonchev–Trinajstić information content (AvgIpc) is 3.36. The predicted octanol–water partition coefficient (Wildman–Crippen LogP) is 2.17. The van der Waals surface area contributed by atoms with Gasteiger partial charge in [0.05, 0.1) is 19.2 Å². The van der Waals surface area contributed by atoms with Gasteiger partial charge in [-0.3, -0.25) is 14.5 Å². The maximum Gasteiger partial charge on any atom is 0.228 e. The standard InChI is InChI=1S/C20H24N4O3S/c1-27-17-5-2-4-16(13-17)22-8-10-23(11-9-22)19(26)12-15-14-28-20(21-15)24-7-3-6-18(24)25/h2,4-5,13-14H,3,6-12H2,1H3. The van der Waals surface area contributed by atoms with E-state index in [2.05, 4.69) is 16.0 Å². The highest BCUT2D eigenvalue weighted by molar-refractivity contribution is 7.14. The normalized spacial score (nSPS) is 17.3. The summed E-state index contributed by atoms with van der Waals surface area (Å²) < 4.78 is 5.30. The number of rotatable bonds is 5. The number of amides is 2. The molecule has 2 fully saturated rings. The second-order valence-electron chi connectivity index (χ2n) is 7.02. The number of hydrogen-bond acceptors (Lipinski definition) is 6. The average molecular weight is 401 g/mol. The lowest BCUT2D eigenvalue weighted by Gasteiger charge is -2.36. The largest absolute Gasteiger partial charge is 0.497 e. The molecule has 0 aliphatic carbocycles. The van der Waals surface area contributed by atoms with Gasteiger partial charge in [-0.05, 0) is 18.6 Å². The van der Waals surface area contributed by atoms with Crippen LogP contribution in [0.3, 0.4) is 0 Å². The second kappa shape index (κ2) is 8.18. The van der Waals surface area contributed by atoms with Crippen molar-refractivity contribution < 1.29 is 14.3 Å². The van der Waals surface area contributed by atoms with Crippen LogP contribution in [0.2, 0.25) is 0 Å². The van der Waals surface area contributed by atoms with Crippen molar-refractivity contribution >= 4 is 34.0 Å². The molecule has 2 aliphatic rings. The Morgan fingerprint density at radius 3 is 2.75 bits per heavy atom. The fraction of sp³-hybridized carbons (Fsp3) is 0.450. The highest BCUT2D eigenvalue weighted by Crippen LogP contribution is 2.26. The Kier molecular flexibility index (Phi) is 5.47. The Morgan fingerprint density at radius 1 is 1.21 bits per heavy atom. The monoisotopic (exact) mass is 400 g/mol. The van der Waals surface area contributed by atoms with E-state index in [0.717, 1.165) is 43.2 Å². The SMILES string of the molecule is COc1cccc(N2CCN(C(=O)Cc3csc(N4CCCC4=O)n3)CC2)c1. The Hall–Kier alpha value is -2.61. The van der Waals surface area contributed by atoms with E-state index in [1.807, 2.05) is 28.5 Å². The van der Waals surface area contributed by atoms with Crippen molar-refractivity contribution in [2.75, 3.05) is 49.6 Å². The molecule has 1 aromatic carbocycles. The van der Waals surface area contributed by atoms with Crippen LogP contribution in [0.15, 0.2) is 29.6 Å². The van der Waals surface area contributed by atoms with Gasteiger partial charge in [-0.2, -0.15) is 0 Å². The molecule has 28 heavy (non-hydrogen) atoms. The maximum absolute atomic E-state index is 12.7. The molecule has 2 saturated heterocycles. The van der Waals surface area contributed by atoms with E-state index in [4.69, 9.17) is 4.74 Å². The Labute approximate surface area is 168 Å². The number of aromatic nitrogens is 1. The molecule has 1 aromatic heterocycles. The van der Waals surface area contributed by atoms with Gasteiger partial charge in [-0.25, -0.2) is 4.98 Å². The van der Waals surface area contributed by atoms with Crippen LogP contribution in [0.1, 0.15) is 18.5 Å². The molecule has 0 saturated carbocycles. The van der Waals surface area contributed by atoms with E-state index in [1.54, 1.807) is 12.0 Å². The summed E-state index contributed by atoms with van der Waals surface area (Å²) in [6, 6.07) is 8.00. The summed E-state index contributed by atoms with van der Waals surface area (Å²) in [5.74, 6) is 1.06. The van der Waals surface area contributed by atoms with E-state index in [0.29, 0.717) is 24.6 Å². The fourth-order valence-corrected chi connectivity index (χ4v) is 4.51. The molecule has 0 bridgehead atoms. The maximum atomic E-state index is 12.7. The van der Waals surface area contributed by atoms with Crippen molar-refractivity contribution in [3.05, 3.63) is 35.3 Å². The first-order chi connectivity index (χ1) is 13.6. The molecule has 3 heterocycles. The Bertz CT molecular complexity index is 861. The number of carbonyl (C=O) groups is 2. The van der Waals surface area contributed by atoms with Gasteiger partial charge in [0.1, 0.15) is 5.75 Å². The number of hydrogen-bond donors (Lipinski definition) is 0.